The summed E-state index contributed by atoms with van der Waals surface area (Å²) in [5, 5.41) is 10.0. The Morgan fingerprint density at radius 1 is 1.47 bits per heavy atom. The number of rotatable bonds is 5. The fourth-order valence-electron chi connectivity index (χ4n) is 2.00. The van der Waals surface area contributed by atoms with Crippen LogP contribution in [0.5, 0.6) is 0 Å². The molecule has 0 spiro atoms. The van der Waals surface area contributed by atoms with Gasteiger partial charge in [-0.2, -0.15) is 0 Å². The van der Waals surface area contributed by atoms with Crippen molar-refractivity contribution in [3.63, 3.8) is 0 Å². The first kappa shape index (κ1) is 12.4. The lowest BCUT2D eigenvalue weighted by Gasteiger charge is -2.04. The van der Waals surface area contributed by atoms with Gasteiger partial charge in [-0.1, -0.05) is 11.6 Å². The molecule has 0 fully saturated rings. The van der Waals surface area contributed by atoms with Crippen LogP contribution in [0, 0.1) is 0 Å². The number of halogens is 1. The highest BCUT2D eigenvalue weighted by Gasteiger charge is 2.10. The molecule has 0 atom stereocenters. The monoisotopic (exact) mass is 253 g/mol. The van der Waals surface area contributed by atoms with Crippen molar-refractivity contribution in [2.75, 3.05) is 13.2 Å². The van der Waals surface area contributed by atoms with E-state index in [0.29, 0.717) is 11.6 Å². The Kier molecular flexibility index (Phi) is 4.05. The molecule has 2 rings (SSSR count). The van der Waals surface area contributed by atoms with Crippen molar-refractivity contribution < 1.29 is 9.84 Å². The average Bonchev–Trinajstić information content (AvgIpc) is 2.70. The first-order chi connectivity index (χ1) is 8.27. The number of nitrogens with zero attached hydrogens (tertiary/aromatic N) is 1. The lowest BCUT2D eigenvalue weighted by molar-refractivity contribution is 0.150. The smallest absolute Gasteiger partial charge is 0.0703 e. The minimum absolute atomic E-state index is 0.00185. The van der Waals surface area contributed by atoms with Gasteiger partial charge in [0, 0.05) is 30.5 Å². The summed E-state index contributed by atoms with van der Waals surface area (Å²) in [6.07, 6.45) is 2.77. The molecule has 17 heavy (non-hydrogen) atoms. The van der Waals surface area contributed by atoms with Crippen LogP contribution in [0.2, 0.25) is 5.02 Å². The second-order valence-corrected chi connectivity index (χ2v) is 4.25. The van der Waals surface area contributed by atoms with Crippen molar-refractivity contribution in [3.05, 3.63) is 40.7 Å². The summed E-state index contributed by atoms with van der Waals surface area (Å²) < 4.78 is 7.37. The lowest BCUT2D eigenvalue weighted by atomic mass is 10.2. The number of pyridine rings is 1. The van der Waals surface area contributed by atoms with E-state index < -0.39 is 0 Å². The molecule has 0 aliphatic rings. The van der Waals surface area contributed by atoms with Crippen molar-refractivity contribution in [2.45, 2.75) is 20.0 Å². The van der Waals surface area contributed by atoms with Gasteiger partial charge < -0.3 is 14.2 Å². The zero-order valence-electron chi connectivity index (χ0n) is 9.82. The van der Waals surface area contributed by atoms with Crippen LogP contribution in [-0.2, 0) is 17.8 Å². The van der Waals surface area contributed by atoms with Crippen molar-refractivity contribution in [1.29, 1.82) is 0 Å². The van der Waals surface area contributed by atoms with Gasteiger partial charge in [-0.25, -0.2) is 0 Å². The fraction of sp³-hybridized carbons (Fsp3) is 0.385. The van der Waals surface area contributed by atoms with Crippen LogP contribution < -0.4 is 0 Å². The van der Waals surface area contributed by atoms with Gasteiger partial charge >= 0.3 is 0 Å². The molecule has 92 valence electrons. The van der Waals surface area contributed by atoms with Gasteiger partial charge in [0.05, 0.1) is 23.8 Å². The molecule has 2 heterocycles. The zero-order chi connectivity index (χ0) is 12.3. The predicted octanol–water partition coefficient (Wildman–Crippen LogP) is 2.66. The summed E-state index contributed by atoms with van der Waals surface area (Å²) in [7, 11) is 0. The molecule has 0 saturated carbocycles. The maximum absolute atomic E-state index is 9.34. The predicted molar refractivity (Wildman–Crippen MR) is 68.5 cm³/mol. The van der Waals surface area contributed by atoms with Crippen LogP contribution >= 0.6 is 11.6 Å². The number of ether oxygens (including phenoxy) is 1. The maximum atomic E-state index is 9.34. The van der Waals surface area contributed by atoms with Crippen LogP contribution in [0.3, 0.4) is 0 Å². The van der Waals surface area contributed by atoms with Crippen LogP contribution in [0.1, 0.15) is 18.2 Å². The van der Waals surface area contributed by atoms with Crippen LogP contribution in [0.25, 0.3) is 5.52 Å². The van der Waals surface area contributed by atoms with Gasteiger partial charge in [0.1, 0.15) is 0 Å². The van der Waals surface area contributed by atoms with Crippen molar-refractivity contribution in [1.82, 2.24) is 4.40 Å². The summed E-state index contributed by atoms with van der Waals surface area (Å²) >= 11 is 6.15. The molecule has 2 aromatic heterocycles. The van der Waals surface area contributed by atoms with E-state index in [4.69, 9.17) is 16.3 Å². The molecule has 0 saturated heterocycles. The Morgan fingerprint density at radius 3 is 3.00 bits per heavy atom. The minimum Gasteiger partial charge on any atom is -0.392 e. The summed E-state index contributed by atoms with van der Waals surface area (Å²) in [6, 6.07) is 5.73. The number of hydrogen-bond donors (Lipinski definition) is 1. The molecule has 3 nitrogen and oxygen atoms in total. The molecule has 2 aromatic rings. The molecule has 0 unspecified atom stereocenters. The molecule has 4 heteroatoms. The third kappa shape index (κ3) is 2.46. The lowest BCUT2D eigenvalue weighted by Crippen LogP contribution is -2.00. The summed E-state index contributed by atoms with van der Waals surface area (Å²) in [5.74, 6) is 0. The zero-order valence-corrected chi connectivity index (χ0v) is 10.6. The van der Waals surface area contributed by atoms with Crippen molar-refractivity contribution in [3.8, 4) is 0 Å². The van der Waals surface area contributed by atoms with E-state index in [1.54, 1.807) is 0 Å². The highest BCUT2D eigenvalue weighted by atomic mass is 35.5. The van der Waals surface area contributed by atoms with Crippen molar-refractivity contribution in [2.24, 2.45) is 0 Å². The second-order valence-electron chi connectivity index (χ2n) is 3.84. The minimum atomic E-state index is 0.00185. The van der Waals surface area contributed by atoms with Gasteiger partial charge in [-0.15, -0.1) is 0 Å². The van der Waals surface area contributed by atoms with Gasteiger partial charge in [-0.05, 0) is 25.1 Å². The van der Waals surface area contributed by atoms with E-state index in [-0.39, 0.29) is 6.61 Å². The largest absolute Gasteiger partial charge is 0.392 e. The standard InChI is InChI=1S/C13H16ClNO2/c1-2-17-7-5-11-8-10(9-16)13-12(14)4-3-6-15(11)13/h3-4,6,8,16H,2,5,7,9H2,1H3. The molecular formula is C13H16ClNO2. The van der Waals surface area contributed by atoms with Gasteiger partial charge in [0.2, 0.25) is 0 Å². The first-order valence-corrected chi connectivity index (χ1v) is 6.11. The molecule has 0 amide bonds. The Labute approximate surface area is 106 Å². The third-order valence-corrected chi connectivity index (χ3v) is 3.08. The van der Waals surface area contributed by atoms with Gasteiger partial charge in [-0.3, -0.25) is 0 Å². The third-order valence-electron chi connectivity index (χ3n) is 2.78. The van der Waals surface area contributed by atoms with Gasteiger partial charge in [0.15, 0.2) is 0 Å². The molecule has 0 aliphatic carbocycles. The SMILES string of the molecule is CCOCCc1cc(CO)c2c(Cl)cccn12. The summed E-state index contributed by atoms with van der Waals surface area (Å²) in [6.45, 7) is 3.38. The van der Waals surface area contributed by atoms with E-state index >= 15 is 0 Å². The number of aromatic nitrogens is 1. The maximum Gasteiger partial charge on any atom is 0.0703 e. The van der Waals surface area contributed by atoms with Gasteiger partial charge in [0.25, 0.3) is 0 Å². The van der Waals surface area contributed by atoms with Crippen LogP contribution in [0.15, 0.2) is 24.4 Å². The summed E-state index contributed by atoms with van der Waals surface area (Å²) in [5.41, 5.74) is 2.87. The quantitative estimate of drug-likeness (QED) is 0.832. The van der Waals surface area contributed by atoms with E-state index in [0.717, 1.165) is 29.8 Å². The Hall–Kier alpha value is -1.03. The molecule has 0 aliphatic heterocycles. The number of aliphatic hydroxyl groups excluding tert-OH is 1. The highest BCUT2D eigenvalue weighted by molar-refractivity contribution is 6.34. The Balaban J connectivity index is 2.39. The van der Waals surface area contributed by atoms with Crippen LogP contribution in [0.4, 0.5) is 0 Å². The Bertz CT molecular complexity index is 507. The van der Waals surface area contributed by atoms with Crippen molar-refractivity contribution >= 4 is 17.1 Å². The topological polar surface area (TPSA) is 33.9 Å². The molecular weight excluding hydrogens is 238 g/mol. The number of hydrogen-bond acceptors (Lipinski definition) is 2. The first-order valence-electron chi connectivity index (χ1n) is 5.73. The van der Waals surface area contributed by atoms with E-state index in [9.17, 15) is 5.11 Å². The number of aliphatic hydroxyl groups is 1. The van der Waals surface area contributed by atoms with E-state index in [2.05, 4.69) is 0 Å². The van der Waals surface area contributed by atoms with E-state index in [1.807, 2.05) is 35.7 Å². The Morgan fingerprint density at radius 2 is 2.29 bits per heavy atom. The number of fused-ring (bicyclic) bond motifs is 1. The molecule has 0 radical (unpaired) electrons. The van der Waals surface area contributed by atoms with Crippen LogP contribution in [-0.4, -0.2) is 22.7 Å². The molecule has 1 N–H and O–H groups in total. The fourth-order valence-corrected chi connectivity index (χ4v) is 2.29. The second kappa shape index (κ2) is 5.54. The average molecular weight is 254 g/mol. The highest BCUT2D eigenvalue weighted by Crippen LogP contribution is 2.25. The molecule has 0 bridgehead atoms. The molecule has 0 aromatic carbocycles. The summed E-state index contributed by atoms with van der Waals surface area (Å²) in [4.78, 5) is 0. The normalized spacial score (nSPS) is 11.2. The van der Waals surface area contributed by atoms with E-state index in [1.165, 1.54) is 0 Å².